The maximum absolute atomic E-state index is 13.6. The van der Waals surface area contributed by atoms with Crippen molar-refractivity contribution in [1.82, 2.24) is 0 Å². The molecule has 0 unspecified atom stereocenters. The fourth-order valence-electron chi connectivity index (χ4n) is 1.85. The molecule has 5 heteroatoms. The summed E-state index contributed by atoms with van der Waals surface area (Å²) in [6.45, 7) is 2.88. The van der Waals surface area contributed by atoms with Gasteiger partial charge in [-0.15, -0.1) is 0 Å². The van der Waals surface area contributed by atoms with Gasteiger partial charge in [-0.05, 0) is 26.0 Å². The molecule has 0 atom stereocenters. The third-order valence-electron chi connectivity index (χ3n) is 2.85. The highest BCUT2D eigenvalue weighted by molar-refractivity contribution is 7.93. The lowest BCUT2D eigenvalue weighted by atomic mass is 9.99. The zero-order valence-electron chi connectivity index (χ0n) is 8.95. The molecule has 0 spiro atoms. The number of benzene rings is 1. The second kappa shape index (κ2) is 3.13. The lowest BCUT2D eigenvalue weighted by Gasteiger charge is -2.30. The van der Waals surface area contributed by atoms with E-state index in [-0.39, 0.29) is 17.8 Å². The summed E-state index contributed by atoms with van der Waals surface area (Å²) < 4.78 is 36.5. The van der Waals surface area contributed by atoms with Gasteiger partial charge >= 0.3 is 0 Å². The van der Waals surface area contributed by atoms with Gasteiger partial charge in [-0.3, -0.25) is 4.79 Å². The SMILES string of the molecule is CC1(C)CC(=O)c2cccc(F)c2S1(=O)=O. The topological polar surface area (TPSA) is 51.2 Å². The Labute approximate surface area is 93.2 Å². The normalized spacial score (nSPS) is 21.6. The van der Waals surface area contributed by atoms with Gasteiger partial charge < -0.3 is 0 Å². The number of hydrogen-bond donors (Lipinski definition) is 0. The first-order chi connectivity index (χ1) is 7.27. The molecule has 1 aliphatic heterocycles. The fraction of sp³-hybridized carbons (Fsp3) is 0.364. The first-order valence-corrected chi connectivity index (χ1v) is 6.32. The number of carbonyl (C=O) groups excluding carboxylic acids is 1. The number of fused-ring (bicyclic) bond motifs is 1. The molecule has 0 aliphatic carbocycles. The third kappa shape index (κ3) is 1.31. The quantitative estimate of drug-likeness (QED) is 0.698. The molecule has 1 aromatic rings. The maximum Gasteiger partial charge on any atom is 0.187 e. The summed E-state index contributed by atoms with van der Waals surface area (Å²) in [5.41, 5.74) is -0.0284. The van der Waals surface area contributed by atoms with Crippen molar-refractivity contribution in [3.05, 3.63) is 29.6 Å². The first kappa shape index (κ1) is 11.3. The highest BCUT2D eigenvalue weighted by Gasteiger charge is 2.45. The Morgan fingerprint density at radius 2 is 1.94 bits per heavy atom. The van der Waals surface area contributed by atoms with Crippen molar-refractivity contribution in [2.24, 2.45) is 0 Å². The van der Waals surface area contributed by atoms with Crippen LogP contribution in [0.2, 0.25) is 0 Å². The van der Waals surface area contributed by atoms with E-state index in [0.29, 0.717) is 0 Å². The van der Waals surface area contributed by atoms with E-state index < -0.39 is 25.3 Å². The number of sulfone groups is 1. The van der Waals surface area contributed by atoms with Gasteiger partial charge in [0.1, 0.15) is 10.7 Å². The van der Waals surface area contributed by atoms with Gasteiger partial charge in [-0.2, -0.15) is 0 Å². The Morgan fingerprint density at radius 1 is 1.31 bits per heavy atom. The van der Waals surface area contributed by atoms with E-state index in [1.54, 1.807) is 0 Å². The van der Waals surface area contributed by atoms with E-state index in [1.807, 2.05) is 0 Å². The summed E-state index contributed by atoms with van der Waals surface area (Å²) in [6, 6.07) is 3.76. The van der Waals surface area contributed by atoms with Crippen LogP contribution in [0.4, 0.5) is 4.39 Å². The molecule has 0 saturated heterocycles. The summed E-state index contributed by atoms with van der Waals surface area (Å²) in [6.07, 6.45) is -0.105. The average Bonchev–Trinajstić information content (AvgIpc) is 2.14. The molecule has 0 saturated carbocycles. The van der Waals surface area contributed by atoms with Crippen LogP contribution < -0.4 is 0 Å². The smallest absolute Gasteiger partial charge is 0.187 e. The monoisotopic (exact) mass is 242 g/mol. The van der Waals surface area contributed by atoms with Crippen LogP contribution in [0.3, 0.4) is 0 Å². The standard InChI is InChI=1S/C11H11FO3S/c1-11(2)6-9(13)7-4-3-5-8(12)10(7)16(11,14)15/h3-5H,6H2,1-2H3. The molecule has 0 fully saturated rings. The Balaban J connectivity index is 2.88. The minimum atomic E-state index is -3.78. The molecule has 1 heterocycles. The predicted molar refractivity (Wildman–Crippen MR) is 56.6 cm³/mol. The van der Waals surface area contributed by atoms with E-state index in [9.17, 15) is 17.6 Å². The molecule has 0 bridgehead atoms. The molecule has 0 N–H and O–H groups in total. The highest BCUT2D eigenvalue weighted by Crippen LogP contribution is 2.38. The molecule has 2 rings (SSSR count). The molecular weight excluding hydrogens is 231 g/mol. The van der Waals surface area contributed by atoms with E-state index in [0.717, 1.165) is 6.07 Å². The third-order valence-corrected chi connectivity index (χ3v) is 5.40. The van der Waals surface area contributed by atoms with Crippen LogP contribution in [-0.4, -0.2) is 18.9 Å². The first-order valence-electron chi connectivity index (χ1n) is 4.84. The van der Waals surface area contributed by atoms with Crippen LogP contribution >= 0.6 is 0 Å². The van der Waals surface area contributed by atoms with Crippen LogP contribution in [0, 0.1) is 5.82 Å². The van der Waals surface area contributed by atoms with Crippen molar-refractivity contribution in [3.63, 3.8) is 0 Å². The lowest BCUT2D eigenvalue weighted by Crippen LogP contribution is -2.40. The van der Waals surface area contributed by atoms with Gasteiger partial charge in [0.2, 0.25) is 0 Å². The van der Waals surface area contributed by atoms with Crippen LogP contribution in [0.1, 0.15) is 30.6 Å². The Bertz CT molecular complexity index is 573. The van der Waals surface area contributed by atoms with Gasteiger partial charge in [0.15, 0.2) is 15.6 Å². The highest BCUT2D eigenvalue weighted by atomic mass is 32.2. The second-order valence-electron chi connectivity index (χ2n) is 4.48. The van der Waals surface area contributed by atoms with Gasteiger partial charge in [0, 0.05) is 12.0 Å². The predicted octanol–water partition coefficient (Wildman–Crippen LogP) is 1.96. The summed E-state index contributed by atoms with van der Waals surface area (Å²) in [4.78, 5) is 11.3. The molecule has 1 aliphatic rings. The van der Waals surface area contributed by atoms with Crippen molar-refractivity contribution in [3.8, 4) is 0 Å². The molecule has 0 radical (unpaired) electrons. The number of hydrogen-bond acceptors (Lipinski definition) is 3. The van der Waals surface area contributed by atoms with E-state index in [2.05, 4.69) is 0 Å². The summed E-state index contributed by atoms with van der Waals surface area (Å²) >= 11 is 0. The van der Waals surface area contributed by atoms with Crippen LogP contribution in [0.5, 0.6) is 0 Å². The number of halogens is 1. The summed E-state index contributed by atoms with van der Waals surface area (Å²) in [5.74, 6) is -1.17. The molecular formula is C11H11FO3S. The van der Waals surface area contributed by atoms with Gasteiger partial charge in [-0.25, -0.2) is 12.8 Å². The van der Waals surface area contributed by atoms with Crippen LogP contribution in [-0.2, 0) is 9.84 Å². The number of rotatable bonds is 0. The van der Waals surface area contributed by atoms with E-state index in [4.69, 9.17) is 0 Å². The minimum Gasteiger partial charge on any atom is -0.294 e. The zero-order chi connectivity index (χ0) is 12.1. The van der Waals surface area contributed by atoms with Crippen molar-refractivity contribution >= 4 is 15.6 Å². The largest absolute Gasteiger partial charge is 0.294 e. The molecule has 1 aromatic carbocycles. The van der Waals surface area contributed by atoms with Crippen molar-refractivity contribution < 1.29 is 17.6 Å². The number of ketones is 1. The molecule has 16 heavy (non-hydrogen) atoms. The van der Waals surface area contributed by atoms with E-state index in [1.165, 1.54) is 26.0 Å². The summed E-state index contributed by atoms with van der Waals surface area (Å²) in [7, 11) is -3.78. The minimum absolute atomic E-state index is 0.0284. The Hall–Kier alpha value is -1.23. The van der Waals surface area contributed by atoms with Gasteiger partial charge in [-0.1, -0.05) is 6.07 Å². The molecule has 0 aromatic heterocycles. The van der Waals surface area contributed by atoms with Crippen LogP contribution in [0.15, 0.2) is 23.1 Å². The Kier molecular flexibility index (Phi) is 2.21. The number of Topliss-reactive ketones (excluding diaryl/α,β-unsaturated/α-hetero) is 1. The number of carbonyl (C=O) groups is 1. The zero-order valence-corrected chi connectivity index (χ0v) is 9.77. The van der Waals surface area contributed by atoms with Crippen molar-refractivity contribution in [2.75, 3.05) is 0 Å². The van der Waals surface area contributed by atoms with Crippen LogP contribution in [0.25, 0.3) is 0 Å². The van der Waals surface area contributed by atoms with Gasteiger partial charge in [0.05, 0.1) is 4.75 Å². The molecule has 0 amide bonds. The lowest BCUT2D eigenvalue weighted by molar-refractivity contribution is 0.0963. The van der Waals surface area contributed by atoms with Crippen molar-refractivity contribution in [1.29, 1.82) is 0 Å². The van der Waals surface area contributed by atoms with Crippen molar-refractivity contribution in [2.45, 2.75) is 29.9 Å². The molecule has 3 nitrogen and oxygen atoms in total. The summed E-state index contributed by atoms with van der Waals surface area (Å²) in [5, 5.41) is 0. The molecule has 86 valence electrons. The fourth-order valence-corrected chi connectivity index (χ4v) is 3.52. The van der Waals surface area contributed by atoms with E-state index >= 15 is 0 Å². The Morgan fingerprint density at radius 3 is 2.56 bits per heavy atom. The maximum atomic E-state index is 13.6. The second-order valence-corrected chi connectivity index (χ2v) is 7.00. The average molecular weight is 242 g/mol. The van der Waals surface area contributed by atoms with Gasteiger partial charge in [0.25, 0.3) is 0 Å².